The van der Waals surface area contributed by atoms with Gasteiger partial charge in [0.05, 0.1) is 90.3 Å². The van der Waals surface area contributed by atoms with E-state index in [9.17, 15) is 9.59 Å². The first-order valence-electron chi connectivity index (χ1n) is 18.7. The molecule has 5 rings (SSSR count). The zero-order valence-corrected chi connectivity index (χ0v) is 35.6. The highest BCUT2D eigenvalue weighted by molar-refractivity contribution is 9.10. The molecule has 0 spiro atoms. The van der Waals surface area contributed by atoms with Crippen LogP contribution in [-0.2, 0) is 40.4 Å². The van der Waals surface area contributed by atoms with Crippen molar-refractivity contribution < 1.29 is 47.9 Å². The summed E-state index contributed by atoms with van der Waals surface area (Å²) in [6.07, 6.45) is 0. The molecule has 0 heterocycles. The molecule has 10 nitrogen and oxygen atoms in total. The van der Waals surface area contributed by atoms with Gasteiger partial charge in [0, 0.05) is 21.6 Å². The number of ketones is 2. The molecule has 1 unspecified atom stereocenters. The summed E-state index contributed by atoms with van der Waals surface area (Å²) >= 11 is 7.57. The van der Waals surface area contributed by atoms with Crippen molar-refractivity contribution in [1.29, 1.82) is 0 Å². The number of aliphatic hydroxyl groups is 1. The number of Topliss-reactive ketones (excluding diaryl/α,β-unsaturated/α-hetero) is 2. The van der Waals surface area contributed by atoms with E-state index >= 15 is 0 Å². The van der Waals surface area contributed by atoms with Gasteiger partial charge in [0.25, 0.3) is 0 Å². The summed E-state index contributed by atoms with van der Waals surface area (Å²) < 4.78 is 40.9. The van der Waals surface area contributed by atoms with Crippen LogP contribution in [-0.4, -0.2) is 103 Å². The van der Waals surface area contributed by atoms with Crippen molar-refractivity contribution in [1.82, 2.24) is 0 Å². The number of benzene rings is 4. The number of fused-ring (bicyclic) bond motifs is 3. The van der Waals surface area contributed by atoms with Crippen LogP contribution >= 0.6 is 31.9 Å². The lowest BCUT2D eigenvalue weighted by atomic mass is 9.66. The van der Waals surface area contributed by atoms with E-state index in [1.54, 1.807) is 21.0 Å². The molecule has 1 N–H and O–H groups in total. The minimum absolute atomic E-state index is 0.0275. The largest absolute Gasteiger partial charge is 0.490 e. The quantitative estimate of drug-likeness (QED) is 0.0484. The van der Waals surface area contributed by atoms with Crippen LogP contribution in [0.25, 0.3) is 11.1 Å². The van der Waals surface area contributed by atoms with Crippen LogP contribution < -0.4 is 4.74 Å². The molecule has 300 valence electrons. The first kappa shape index (κ1) is 43.8. The minimum atomic E-state index is -0.922. The number of aryl methyl sites for hydroxylation is 1. The van der Waals surface area contributed by atoms with Crippen molar-refractivity contribution in [3.63, 3.8) is 0 Å². The molecule has 0 amide bonds. The number of carbonyl (C=O) groups is 2. The van der Waals surface area contributed by atoms with Gasteiger partial charge in [0.1, 0.15) is 12.4 Å². The van der Waals surface area contributed by atoms with E-state index in [0.717, 1.165) is 53.5 Å². The zero-order valence-electron chi connectivity index (χ0n) is 32.4. The summed E-state index contributed by atoms with van der Waals surface area (Å²) in [6.45, 7) is 9.62. The Balaban J connectivity index is 1.52. The SMILES string of the molecule is COCCOCCOCCOc1ccc(C2(c3ccc(COCCOCCOCCO)c(C(C)=O)c3)c3cc(Br)ccc3-c3cc(C)c(Br)cc32)cc1C(C)=O. The number of ether oxygens (including phenoxy) is 7. The first-order valence-corrected chi connectivity index (χ1v) is 20.2. The monoisotopic (exact) mass is 896 g/mol. The molecule has 1 atom stereocenters. The summed E-state index contributed by atoms with van der Waals surface area (Å²) in [6, 6.07) is 22.4. The van der Waals surface area contributed by atoms with Crippen LogP contribution in [0.1, 0.15) is 67.9 Å². The maximum Gasteiger partial charge on any atom is 0.163 e. The molecule has 1 aliphatic rings. The van der Waals surface area contributed by atoms with Crippen LogP contribution in [0, 0.1) is 6.92 Å². The van der Waals surface area contributed by atoms with Gasteiger partial charge in [-0.3, -0.25) is 9.59 Å². The molecule has 0 saturated carbocycles. The molecule has 1 aliphatic carbocycles. The molecule has 12 heteroatoms. The van der Waals surface area contributed by atoms with Crippen LogP contribution in [0.4, 0.5) is 0 Å². The number of halogens is 2. The van der Waals surface area contributed by atoms with Crippen molar-refractivity contribution in [3.8, 4) is 16.9 Å². The van der Waals surface area contributed by atoms with Crippen LogP contribution in [0.5, 0.6) is 5.75 Å². The third-order valence-corrected chi connectivity index (χ3v) is 11.0. The second kappa shape index (κ2) is 21.5. The van der Waals surface area contributed by atoms with E-state index in [1.165, 1.54) is 0 Å². The van der Waals surface area contributed by atoms with Gasteiger partial charge in [-0.15, -0.1) is 0 Å². The maximum atomic E-state index is 13.4. The average molecular weight is 899 g/mol. The Morgan fingerprint density at radius 2 is 1.20 bits per heavy atom. The Morgan fingerprint density at radius 3 is 1.84 bits per heavy atom. The predicted octanol–water partition coefficient (Wildman–Crippen LogP) is 7.89. The summed E-state index contributed by atoms with van der Waals surface area (Å²) in [7, 11) is 1.63. The normalized spacial score (nSPS) is 14.5. The van der Waals surface area contributed by atoms with Crippen LogP contribution in [0.3, 0.4) is 0 Å². The van der Waals surface area contributed by atoms with Gasteiger partial charge in [-0.05, 0) is 108 Å². The number of methoxy groups -OCH3 is 1. The Labute approximate surface area is 346 Å². The molecule has 0 radical (unpaired) electrons. The Bertz CT molecular complexity index is 1880. The third kappa shape index (κ3) is 10.4. The highest BCUT2D eigenvalue weighted by atomic mass is 79.9. The van der Waals surface area contributed by atoms with E-state index in [1.807, 2.05) is 36.4 Å². The molecule has 0 aromatic heterocycles. The smallest absolute Gasteiger partial charge is 0.163 e. The van der Waals surface area contributed by atoms with Crippen molar-refractivity contribution in [2.75, 3.05) is 86.4 Å². The molecular formula is C44H50Br2O10. The van der Waals surface area contributed by atoms with Gasteiger partial charge in [0.2, 0.25) is 0 Å². The fourth-order valence-corrected chi connectivity index (χ4v) is 7.70. The van der Waals surface area contributed by atoms with Gasteiger partial charge in [0.15, 0.2) is 11.6 Å². The first-order chi connectivity index (χ1) is 27.1. The fraction of sp³-hybridized carbons (Fsp3) is 0.409. The summed E-state index contributed by atoms with van der Waals surface area (Å²) in [4.78, 5) is 26.7. The van der Waals surface area contributed by atoms with Crippen LogP contribution in [0.15, 0.2) is 75.7 Å². The summed E-state index contributed by atoms with van der Waals surface area (Å²) in [5, 5.41) is 8.85. The molecule has 4 aromatic rings. The van der Waals surface area contributed by atoms with Gasteiger partial charge in [-0.1, -0.05) is 56.1 Å². The van der Waals surface area contributed by atoms with E-state index < -0.39 is 5.41 Å². The number of hydrogen-bond acceptors (Lipinski definition) is 10. The zero-order chi connectivity index (χ0) is 40.1. The highest BCUT2D eigenvalue weighted by Crippen LogP contribution is 2.58. The number of aliphatic hydroxyl groups excluding tert-OH is 1. The third-order valence-electron chi connectivity index (χ3n) is 9.62. The standard InChI is InChI=1S/C44H50Br2O10/c1-29-23-39-36-9-8-35(45)26-40(36)44(41(39)27-42(29)46,33-6-5-32(37(24-33)30(2)48)28-55-20-19-53-16-15-51-12-11-47)34-7-10-43(38(25-34)31(3)49)56-22-21-54-18-17-52-14-13-50-4/h5-10,23-27,47H,11-22,28H2,1-4H3. The summed E-state index contributed by atoms with van der Waals surface area (Å²) in [5.74, 6) is 0.237. The van der Waals surface area contributed by atoms with Gasteiger partial charge >= 0.3 is 0 Å². The average Bonchev–Trinajstić information content (AvgIpc) is 3.45. The number of rotatable bonds is 24. The lowest BCUT2D eigenvalue weighted by Crippen LogP contribution is -2.29. The maximum absolute atomic E-state index is 13.4. The lowest BCUT2D eigenvalue weighted by Gasteiger charge is -2.35. The lowest BCUT2D eigenvalue weighted by molar-refractivity contribution is 0.00443. The van der Waals surface area contributed by atoms with Gasteiger partial charge in [-0.2, -0.15) is 0 Å². The second-order valence-corrected chi connectivity index (χ2v) is 15.1. The Kier molecular flexibility index (Phi) is 16.8. The molecule has 0 saturated heterocycles. The fourth-order valence-electron chi connectivity index (χ4n) is 7.00. The van der Waals surface area contributed by atoms with E-state index in [0.29, 0.717) is 76.3 Å². The topological polar surface area (TPSA) is 119 Å². The minimum Gasteiger partial charge on any atom is -0.490 e. The Morgan fingerprint density at radius 1 is 0.625 bits per heavy atom. The number of hydrogen-bond donors (Lipinski definition) is 1. The van der Waals surface area contributed by atoms with E-state index in [-0.39, 0.29) is 38.0 Å². The van der Waals surface area contributed by atoms with Crippen molar-refractivity contribution >= 4 is 43.4 Å². The van der Waals surface area contributed by atoms with E-state index in [4.69, 9.17) is 38.3 Å². The van der Waals surface area contributed by atoms with Gasteiger partial charge in [-0.25, -0.2) is 0 Å². The molecule has 4 aromatic carbocycles. The molecule has 0 bridgehead atoms. The number of carbonyl (C=O) groups excluding carboxylic acids is 2. The molecule has 0 fully saturated rings. The van der Waals surface area contributed by atoms with Crippen molar-refractivity contribution in [3.05, 3.63) is 120 Å². The van der Waals surface area contributed by atoms with Crippen molar-refractivity contribution in [2.24, 2.45) is 0 Å². The molecule has 0 aliphatic heterocycles. The second-order valence-electron chi connectivity index (χ2n) is 13.3. The highest BCUT2D eigenvalue weighted by Gasteiger charge is 2.47. The molecule has 56 heavy (non-hydrogen) atoms. The van der Waals surface area contributed by atoms with Crippen LogP contribution in [0.2, 0.25) is 0 Å². The summed E-state index contributed by atoms with van der Waals surface area (Å²) in [5.41, 5.74) is 7.81. The predicted molar refractivity (Wildman–Crippen MR) is 221 cm³/mol. The van der Waals surface area contributed by atoms with Gasteiger partial charge < -0.3 is 38.3 Å². The van der Waals surface area contributed by atoms with Crippen molar-refractivity contribution in [2.45, 2.75) is 32.8 Å². The Hall–Kier alpha value is -3.30. The van der Waals surface area contributed by atoms with E-state index in [2.05, 4.69) is 69.1 Å². The molecular weight excluding hydrogens is 848 g/mol.